The third kappa shape index (κ3) is 4.10. The van der Waals surface area contributed by atoms with Crippen LogP contribution in [0.2, 0.25) is 0 Å². The lowest BCUT2D eigenvalue weighted by Gasteiger charge is -2.12. The summed E-state index contributed by atoms with van der Waals surface area (Å²) in [5.74, 6) is 0. The molecule has 0 amide bonds. The van der Waals surface area contributed by atoms with Gasteiger partial charge in [-0.15, -0.1) is 11.3 Å². The highest BCUT2D eigenvalue weighted by Crippen LogP contribution is 2.25. The van der Waals surface area contributed by atoms with E-state index in [0.29, 0.717) is 25.1 Å². The fraction of sp³-hybridized carbons (Fsp3) is 0.308. The third-order valence-corrected chi connectivity index (χ3v) is 6.08. The molecule has 0 atom stereocenters. The quantitative estimate of drug-likeness (QED) is 0.792. The van der Waals surface area contributed by atoms with Gasteiger partial charge in [-0.05, 0) is 30.2 Å². The minimum Gasteiger partial charge on any atom is -0.326 e. The summed E-state index contributed by atoms with van der Waals surface area (Å²) in [5.41, 5.74) is 9.66. The summed E-state index contributed by atoms with van der Waals surface area (Å²) in [4.78, 5) is 4.39. The molecule has 2 rings (SSSR count). The van der Waals surface area contributed by atoms with E-state index in [2.05, 4.69) is 25.6 Å². The first kappa shape index (κ1) is 16.6. The summed E-state index contributed by atoms with van der Waals surface area (Å²) < 4.78 is 28.2. The predicted octanol–water partition coefficient (Wildman–Crippen LogP) is 2.19. The van der Waals surface area contributed by atoms with Crippen molar-refractivity contribution in [3.05, 3.63) is 44.3 Å². The second-order valence-corrected chi connectivity index (χ2v) is 7.84. The Hall–Kier alpha value is -0.800. The maximum Gasteiger partial charge on any atom is 0.240 e. The van der Waals surface area contributed by atoms with Gasteiger partial charge in [0.1, 0.15) is 0 Å². The zero-order chi connectivity index (χ0) is 15.5. The fourth-order valence-corrected chi connectivity index (χ4v) is 4.43. The van der Waals surface area contributed by atoms with Crippen LogP contribution in [0.15, 0.2) is 32.4 Å². The molecule has 1 aromatic heterocycles. The van der Waals surface area contributed by atoms with E-state index in [1.54, 1.807) is 18.5 Å². The van der Waals surface area contributed by atoms with Gasteiger partial charge < -0.3 is 5.73 Å². The number of thiazole rings is 1. The number of nitrogens with zero attached hydrogens (tertiary/aromatic N) is 1. The number of nitrogens with one attached hydrogen (secondary N) is 1. The summed E-state index contributed by atoms with van der Waals surface area (Å²) in [6.07, 6.45) is 0.569. The standard InChI is InChI=1S/C13H16BrN3O2S2/c1-9-12(14)4-10(6-15)5-13(9)21(18,19)17-3-2-11-7-20-8-16-11/h4-5,7-8,17H,2-3,6,15H2,1H3. The molecule has 0 aliphatic heterocycles. The summed E-state index contributed by atoms with van der Waals surface area (Å²) >= 11 is 4.87. The highest BCUT2D eigenvalue weighted by molar-refractivity contribution is 9.10. The van der Waals surface area contributed by atoms with Crippen LogP contribution in [0, 0.1) is 6.92 Å². The summed E-state index contributed by atoms with van der Waals surface area (Å²) in [7, 11) is -3.56. The van der Waals surface area contributed by atoms with Gasteiger partial charge in [-0.3, -0.25) is 0 Å². The van der Waals surface area contributed by atoms with Crippen LogP contribution in [0.25, 0.3) is 0 Å². The topological polar surface area (TPSA) is 85.1 Å². The van der Waals surface area contributed by atoms with Gasteiger partial charge in [-0.25, -0.2) is 18.1 Å². The van der Waals surface area contributed by atoms with E-state index < -0.39 is 10.0 Å². The molecule has 114 valence electrons. The molecule has 21 heavy (non-hydrogen) atoms. The highest BCUT2D eigenvalue weighted by Gasteiger charge is 2.19. The van der Waals surface area contributed by atoms with Crippen molar-refractivity contribution in [2.75, 3.05) is 6.54 Å². The van der Waals surface area contributed by atoms with Crippen molar-refractivity contribution >= 4 is 37.3 Å². The molecule has 3 N–H and O–H groups in total. The van der Waals surface area contributed by atoms with Gasteiger partial charge in [-0.2, -0.15) is 0 Å². The second kappa shape index (κ2) is 6.97. The molecule has 0 spiro atoms. The van der Waals surface area contributed by atoms with Crippen LogP contribution in [-0.4, -0.2) is 19.9 Å². The number of aromatic nitrogens is 1. The maximum atomic E-state index is 12.4. The van der Waals surface area contributed by atoms with Crippen molar-refractivity contribution in [2.45, 2.75) is 24.8 Å². The molecule has 0 aliphatic rings. The number of sulfonamides is 1. The van der Waals surface area contributed by atoms with Crippen LogP contribution in [0.5, 0.6) is 0 Å². The number of hydrogen-bond donors (Lipinski definition) is 2. The summed E-state index contributed by atoms with van der Waals surface area (Å²) in [6.45, 7) is 2.37. The average molecular weight is 390 g/mol. The molecule has 0 saturated carbocycles. The number of benzene rings is 1. The van der Waals surface area contributed by atoms with Gasteiger partial charge in [0, 0.05) is 29.4 Å². The zero-order valence-corrected chi connectivity index (χ0v) is 14.7. The lowest BCUT2D eigenvalue weighted by molar-refractivity contribution is 0.580. The van der Waals surface area contributed by atoms with Crippen LogP contribution < -0.4 is 10.5 Å². The normalized spacial score (nSPS) is 11.8. The summed E-state index contributed by atoms with van der Waals surface area (Å²) in [6, 6.07) is 3.45. The van der Waals surface area contributed by atoms with Crippen molar-refractivity contribution in [1.29, 1.82) is 0 Å². The van der Waals surface area contributed by atoms with Gasteiger partial charge in [0.05, 0.1) is 16.1 Å². The number of rotatable bonds is 6. The molecule has 1 heterocycles. The van der Waals surface area contributed by atoms with E-state index in [9.17, 15) is 8.42 Å². The molecule has 0 bridgehead atoms. The number of nitrogens with two attached hydrogens (primary N) is 1. The Balaban J connectivity index is 2.17. The Labute approximate surface area is 136 Å². The molecule has 1 aromatic carbocycles. The molecule has 2 aromatic rings. The minimum atomic E-state index is -3.56. The van der Waals surface area contributed by atoms with Gasteiger partial charge in [0.15, 0.2) is 0 Å². The lowest BCUT2D eigenvalue weighted by Crippen LogP contribution is -2.27. The molecule has 0 radical (unpaired) electrons. The first-order chi connectivity index (χ1) is 9.94. The van der Waals surface area contributed by atoms with E-state index in [0.717, 1.165) is 15.7 Å². The molecule has 0 fully saturated rings. The summed E-state index contributed by atoms with van der Waals surface area (Å²) in [5, 5.41) is 1.91. The van der Waals surface area contributed by atoms with E-state index >= 15 is 0 Å². The molecule has 8 heteroatoms. The Morgan fingerprint density at radius 3 is 2.81 bits per heavy atom. The Morgan fingerprint density at radius 2 is 2.19 bits per heavy atom. The Bertz CT molecular complexity index is 715. The van der Waals surface area contributed by atoms with Crippen LogP contribution >= 0.6 is 27.3 Å². The van der Waals surface area contributed by atoms with Crippen molar-refractivity contribution in [3.8, 4) is 0 Å². The SMILES string of the molecule is Cc1c(Br)cc(CN)cc1S(=O)(=O)NCCc1cscn1. The van der Waals surface area contributed by atoms with E-state index in [1.165, 1.54) is 11.3 Å². The smallest absolute Gasteiger partial charge is 0.240 e. The van der Waals surface area contributed by atoms with E-state index in [1.807, 2.05) is 11.4 Å². The highest BCUT2D eigenvalue weighted by atomic mass is 79.9. The van der Waals surface area contributed by atoms with Gasteiger partial charge >= 0.3 is 0 Å². The number of hydrogen-bond acceptors (Lipinski definition) is 5. The molecular formula is C13H16BrN3O2S2. The zero-order valence-electron chi connectivity index (χ0n) is 11.5. The predicted molar refractivity (Wildman–Crippen MR) is 87.8 cm³/mol. The van der Waals surface area contributed by atoms with Crippen LogP contribution in [0.1, 0.15) is 16.8 Å². The Kier molecular flexibility index (Phi) is 5.50. The molecule has 0 unspecified atom stereocenters. The largest absolute Gasteiger partial charge is 0.326 e. The van der Waals surface area contributed by atoms with Gasteiger partial charge in [-0.1, -0.05) is 15.9 Å². The van der Waals surface area contributed by atoms with Gasteiger partial charge in [0.25, 0.3) is 0 Å². The second-order valence-electron chi connectivity index (χ2n) is 4.53. The van der Waals surface area contributed by atoms with Crippen molar-refractivity contribution < 1.29 is 8.42 Å². The lowest BCUT2D eigenvalue weighted by atomic mass is 10.1. The van der Waals surface area contributed by atoms with Crippen molar-refractivity contribution in [3.63, 3.8) is 0 Å². The molecule has 5 nitrogen and oxygen atoms in total. The first-order valence-electron chi connectivity index (χ1n) is 6.30. The Morgan fingerprint density at radius 1 is 1.43 bits per heavy atom. The maximum absolute atomic E-state index is 12.4. The monoisotopic (exact) mass is 389 g/mol. The molecule has 0 aliphatic carbocycles. The van der Waals surface area contributed by atoms with Crippen LogP contribution in [0.3, 0.4) is 0 Å². The molecular weight excluding hydrogens is 374 g/mol. The first-order valence-corrected chi connectivity index (χ1v) is 9.52. The van der Waals surface area contributed by atoms with Crippen molar-refractivity contribution in [1.82, 2.24) is 9.71 Å². The number of halogens is 1. The third-order valence-electron chi connectivity index (χ3n) is 3.04. The fourth-order valence-electron chi connectivity index (χ4n) is 1.86. The van der Waals surface area contributed by atoms with Crippen LogP contribution in [-0.2, 0) is 23.0 Å². The van der Waals surface area contributed by atoms with E-state index in [4.69, 9.17) is 5.73 Å². The minimum absolute atomic E-state index is 0.260. The molecule has 0 saturated heterocycles. The van der Waals surface area contributed by atoms with E-state index in [-0.39, 0.29) is 4.90 Å². The average Bonchev–Trinajstić information content (AvgIpc) is 2.94. The van der Waals surface area contributed by atoms with Crippen LogP contribution in [0.4, 0.5) is 0 Å². The van der Waals surface area contributed by atoms with Gasteiger partial charge in [0.2, 0.25) is 10.0 Å². The van der Waals surface area contributed by atoms with Crippen molar-refractivity contribution in [2.24, 2.45) is 5.73 Å².